The van der Waals surface area contributed by atoms with Crippen LogP contribution in [0.3, 0.4) is 0 Å². The lowest BCUT2D eigenvalue weighted by Gasteiger charge is -2.36. The number of hydrogen-bond donors (Lipinski definition) is 0. The van der Waals surface area contributed by atoms with Crippen LogP contribution in [0.25, 0.3) is 6.08 Å². The zero-order valence-electron chi connectivity index (χ0n) is 11.5. The molecule has 2 fully saturated rings. The molecule has 0 N–H and O–H groups in total. The van der Waals surface area contributed by atoms with Crippen LogP contribution in [0.4, 0.5) is 0 Å². The van der Waals surface area contributed by atoms with Gasteiger partial charge >= 0.3 is 0 Å². The first-order valence-corrected chi connectivity index (χ1v) is 8.63. The molecule has 1 atom stereocenters. The number of piperazine rings is 1. The maximum Gasteiger partial charge on any atom is 0.236 e. The van der Waals surface area contributed by atoms with Crippen LogP contribution < -0.4 is 0 Å². The van der Waals surface area contributed by atoms with Crippen LogP contribution in [0, 0.1) is 0 Å². The summed E-state index contributed by atoms with van der Waals surface area (Å²) < 4.78 is 26.4. The first kappa shape index (κ1) is 13.8. The average molecular weight is 292 g/mol. The van der Waals surface area contributed by atoms with Crippen molar-refractivity contribution >= 4 is 16.1 Å². The van der Waals surface area contributed by atoms with Crippen LogP contribution in [-0.2, 0) is 10.0 Å². The van der Waals surface area contributed by atoms with Gasteiger partial charge in [-0.3, -0.25) is 4.90 Å². The maximum absolute atomic E-state index is 12.4. The highest BCUT2D eigenvalue weighted by molar-refractivity contribution is 7.92. The summed E-state index contributed by atoms with van der Waals surface area (Å²) in [7, 11) is -3.29. The molecular weight excluding hydrogens is 272 g/mol. The molecule has 1 unspecified atom stereocenters. The van der Waals surface area contributed by atoms with Gasteiger partial charge in [-0.05, 0) is 31.0 Å². The van der Waals surface area contributed by atoms with E-state index in [1.165, 1.54) is 11.8 Å². The summed E-state index contributed by atoms with van der Waals surface area (Å²) in [5, 5.41) is 1.34. The summed E-state index contributed by atoms with van der Waals surface area (Å²) in [5.74, 6) is 0. The smallest absolute Gasteiger partial charge is 0.236 e. The Morgan fingerprint density at radius 1 is 1.10 bits per heavy atom. The van der Waals surface area contributed by atoms with Crippen LogP contribution in [0.15, 0.2) is 35.7 Å². The van der Waals surface area contributed by atoms with Gasteiger partial charge in [-0.2, -0.15) is 4.31 Å². The highest BCUT2D eigenvalue weighted by Gasteiger charge is 2.34. The first-order valence-electron chi connectivity index (χ1n) is 7.12. The van der Waals surface area contributed by atoms with E-state index >= 15 is 0 Å². The summed E-state index contributed by atoms with van der Waals surface area (Å²) in [4.78, 5) is 2.41. The molecule has 2 saturated heterocycles. The van der Waals surface area contributed by atoms with Crippen LogP contribution in [0.1, 0.15) is 18.4 Å². The number of benzene rings is 1. The van der Waals surface area contributed by atoms with Gasteiger partial charge in [0, 0.05) is 31.1 Å². The molecule has 1 aromatic carbocycles. The second-order valence-corrected chi connectivity index (χ2v) is 7.27. The van der Waals surface area contributed by atoms with Crippen molar-refractivity contribution in [3.05, 3.63) is 41.3 Å². The van der Waals surface area contributed by atoms with E-state index in [9.17, 15) is 8.42 Å². The normalized spacial score (nSPS) is 25.1. The molecule has 0 radical (unpaired) electrons. The largest absolute Gasteiger partial charge is 0.298 e. The Balaban J connectivity index is 1.70. The molecule has 4 nitrogen and oxygen atoms in total. The lowest BCUT2D eigenvalue weighted by Crippen LogP contribution is -2.51. The van der Waals surface area contributed by atoms with Crippen LogP contribution in [0.5, 0.6) is 0 Å². The van der Waals surface area contributed by atoms with Gasteiger partial charge in [-0.25, -0.2) is 8.42 Å². The summed E-state index contributed by atoms with van der Waals surface area (Å²) in [6, 6.07) is 9.96. The molecule has 0 aliphatic carbocycles. The van der Waals surface area contributed by atoms with Gasteiger partial charge in [0.25, 0.3) is 0 Å². The number of sulfonamides is 1. The van der Waals surface area contributed by atoms with Gasteiger partial charge in [-0.1, -0.05) is 30.3 Å². The molecule has 0 bridgehead atoms. The van der Waals surface area contributed by atoms with Gasteiger partial charge in [-0.15, -0.1) is 0 Å². The van der Waals surface area contributed by atoms with E-state index in [0.717, 1.165) is 25.1 Å². The second kappa shape index (κ2) is 5.68. The van der Waals surface area contributed by atoms with Gasteiger partial charge < -0.3 is 0 Å². The minimum absolute atomic E-state index is 0.420. The monoisotopic (exact) mass is 292 g/mol. The molecule has 1 aromatic rings. The number of fused-ring (bicyclic) bond motifs is 1. The minimum atomic E-state index is -3.29. The topological polar surface area (TPSA) is 40.6 Å². The summed E-state index contributed by atoms with van der Waals surface area (Å²) in [5.41, 5.74) is 0.913. The third kappa shape index (κ3) is 2.95. The van der Waals surface area contributed by atoms with E-state index in [4.69, 9.17) is 0 Å². The minimum Gasteiger partial charge on any atom is -0.298 e. The molecule has 0 amide bonds. The second-order valence-electron chi connectivity index (χ2n) is 5.45. The van der Waals surface area contributed by atoms with E-state index in [1.807, 2.05) is 30.3 Å². The molecule has 2 aliphatic rings. The molecule has 0 spiro atoms. The Hall–Kier alpha value is -1.17. The quantitative estimate of drug-likeness (QED) is 0.852. The van der Waals surface area contributed by atoms with Crippen molar-refractivity contribution < 1.29 is 8.42 Å². The highest BCUT2D eigenvalue weighted by Crippen LogP contribution is 2.23. The Labute approximate surface area is 120 Å². The lowest BCUT2D eigenvalue weighted by atomic mass is 10.2. The number of nitrogens with zero attached hydrogens (tertiary/aromatic N) is 2. The van der Waals surface area contributed by atoms with Gasteiger partial charge in [0.15, 0.2) is 0 Å². The SMILES string of the molecule is O=S(=O)(/C=C/c1ccccc1)N1CCN2CCCC2C1. The Morgan fingerprint density at radius 3 is 2.70 bits per heavy atom. The zero-order valence-corrected chi connectivity index (χ0v) is 12.3. The number of rotatable bonds is 3. The fraction of sp³-hybridized carbons (Fsp3) is 0.467. The molecule has 2 aliphatic heterocycles. The summed E-state index contributed by atoms with van der Waals surface area (Å²) >= 11 is 0. The molecule has 0 aromatic heterocycles. The van der Waals surface area contributed by atoms with Crippen molar-refractivity contribution in [2.24, 2.45) is 0 Å². The van der Waals surface area contributed by atoms with Crippen molar-refractivity contribution in [3.8, 4) is 0 Å². The van der Waals surface area contributed by atoms with Crippen molar-refractivity contribution in [2.75, 3.05) is 26.2 Å². The molecule has 108 valence electrons. The van der Waals surface area contributed by atoms with E-state index in [0.29, 0.717) is 19.1 Å². The highest BCUT2D eigenvalue weighted by atomic mass is 32.2. The molecule has 5 heteroatoms. The maximum atomic E-state index is 12.4. The molecule has 3 rings (SSSR count). The average Bonchev–Trinajstić information content (AvgIpc) is 2.94. The molecular formula is C15H20N2O2S. The predicted octanol–water partition coefficient (Wildman–Crippen LogP) is 1.77. The summed E-state index contributed by atoms with van der Waals surface area (Å²) in [6.45, 7) is 3.24. The van der Waals surface area contributed by atoms with Crippen LogP contribution in [0.2, 0.25) is 0 Å². The van der Waals surface area contributed by atoms with Crippen molar-refractivity contribution in [3.63, 3.8) is 0 Å². The van der Waals surface area contributed by atoms with Crippen molar-refractivity contribution in [1.82, 2.24) is 9.21 Å². The first-order chi connectivity index (χ1) is 9.65. The molecule has 20 heavy (non-hydrogen) atoms. The number of hydrogen-bond acceptors (Lipinski definition) is 3. The third-order valence-corrected chi connectivity index (χ3v) is 5.67. The van der Waals surface area contributed by atoms with E-state index < -0.39 is 10.0 Å². The standard InChI is InChI=1S/C15H20N2O2S/c18-20(19,12-8-14-5-2-1-3-6-14)17-11-10-16-9-4-7-15(16)13-17/h1-3,5-6,8,12,15H,4,7,9-11,13H2/b12-8+. The van der Waals surface area contributed by atoms with Gasteiger partial charge in [0.1, 0.15) is 0 Å². The third-order valence-electron chi connectivity index (χ3n) is 4.14. The molecule has 0 saturated carbocycles. The van der Waals surface area contributed by atoms with Gasteiger partial charge in [0.2, 0.25) is 10.0 Å². The Bertz CT molecular complexity index is 583. The van der Waals surface area contributed by atoms with Crippen LogP contribution in [-0.4, -0.2) is 49.8 Å². The predicted molar refractivity (Wildman–Crippen MR) is 80.6 cm³/mol. The Kier molecular flexibility index (Phi) is 3.92. The van der Waals surface area contributed by atoms with Crippen molar-refractivity contribution in [1.29, 1.82) is 0 Å². The lowest BCUT2D eigenvalue weighted by molar-refractivity contribution is 0.159. The van der Waals surface area contributed by atoms with Crippen LogP contribution >= 0.6 is 0 Å². The summed E-state index contributed by atoms with van der Waals surface area (Å²) in [6.07, 6.45) is 3.99. The zero-order chi connectivity index (χ0) is 14.0. The van der Waals surface area contributed by atoms with E-state index in [-0.39, 0.29) is 0 Å². The molecule has 2 heterocycles. The van der Waals surface area contributed by atoms with E-state index in [2.05, 4.69) is 4.90 Å². The van der Waals surface area contributed by atoms with Crippen molar-refractivity contribution in [2.45, 2.75) is 18.9 Å². The fourth-order valence-electron chi connectivity index (χ4n) is 3.01. The fourth-order valence-corrected chi connectivity index (χ4v) is 4.23. The Morgan fingerprint density at radius 2 is 1.90 bits per heavy atom. The van der Waals surface area contributed by atoms with Gasteiger partial charge in [0.05, 0.1) is 0 Å². The van der Waals surface area contributed by atoms with E-state index in [1.54, 1.807) is 10.4 Å².